The average Bonchev–Trinajstić information content (AvgIpc) is 2.86. The SMILES string of the molecule is O=C1CC(O)C(=O)N1c1cc(N2C(=O)CC(O)C2=O)nnn1. The molecule has 3 heterocycles. The van der Waals surface area contributed by atoms with Crippen molar-refractivity contribution in [3.05, 3.63) is 6.07 Å². The average molecular weight is 307 g/mol. The fraction of sp³-hybridized carbons (Fsp3) is 0.364. The predicted molar refractivity (Wildman–Crippen MR) is 66.1 cm³/mol. The van der Waals surface area contributed by atoms with Gasteiger partial charge >= 0.3 is 0 Å². The normalized spacial score (nSPS) is 25.5. The smallest absolute Gasteiger partial charge is 0.264 e. The van der Waals surface area contributed by atoms with Crippen molar-refractivity contribution in [3.63, 3.8) is 0 Å². The summed E-state index contributed by atoms with van der Waals surface area (Å²) in [5.74, 6) is -3.67. The number of rotatable bonds is 2. The fourth-order valence-corrected chi connectivity index (χ4v) is 2.22. The standard InChI is InChI=1S/C11H9N5O6/c17-4-1-8(19)15(10(4)21)6-3-7(13-14-12-6)16-9(20)2-5(18)11(16)22/h3-5,17-18H,1-2H2. The van der Waals surface area contributed by atoms with Gasteiger partial charge in [-0.25, -0.2) is 9.80 Å². The van der Waals surface area contributed by atoms with Gasteiger partial charge in [-0.15, -0.1) is 10.2 Å². The van der Waals surface area contributed by atoms with Gasteiger partial charge < -0.3 is 10.2 Å². The van der Waals surface area contributed by atoms with Crippen molar-refractivity contribution >= 4 is 35.3 Å². The van der Waals surface area contributed by atoms with Gasteiger partial charge in [-0.2, -0.15) is 0 Å². The van der Waals surface area contributed by atoms with Crippen LogP contribution in [0.4, 0.5) is 11.6 Å². The summed E-state index contributed by atoms with van der Waals surface area (Å²) in [4.78, 5) is 48.0. The number of nitrogens with zero attached hydrogens (tertiary/aromatic N) is 5. The molecule has 114 valence electrons. The maximum Gasteiger partial charge on any atom is 0.264 e. The zero-order valence-electron chi connectivity index (χ0n) is 10.9. The van der Waals surface area contributed by atoms with Crippen LogP contribution in [0.3, 0.4) is 0 Å². The van der Waals surface area contributed by atoms with E-state index in [1.807, 2.05) is 0 Å². The summed E-state index contributed by atoms with van der Waals surface area (Å²) >= 11 is 0. The Morgan fingerprint density at radius 2 is 1.27 bits per heavy atom. The molecule has 2 saturated heterocycles. The largest absolute Gasteiger partial charge is 0.383 e. The Hall–Kier alpha value is -2.79. The summed E-state index contributed by atoms with van der Waals surface area (Å²) < 4.78 is 0. The molecule has 2 atom stereocenters. The van der Waals surface area contributed by atoms with Gasteiger partial charge in [0.05, 0.1) is 12.8 Å². The van der Waals surface area contributed by atoms with Crippen LogP contribution in [0, 0.1) is 0 Å². The second-order valence-electron chi connectivity index (χ2n) is 4.72. The van der Waals surface area contributed by atoms with Gasteiger partial charge in [-0.05, 0) is 5.21 Å². The van der Waals surface area contributed by atoms with E-state index in [0.29, 0.717) is 9.80 Å². The van der Waals surface area contributed by atoms with E-state index in [0.717, 1.165) is 6.07 Å². The summed E-state index contributed by atoms with van der Waals surface area (Å²) in [6.07, 6.45) is -3.72. The molecule has 0 aliphatic carbocycles. The highest BCUT2D eigenvalue weighted by atomic mass is 16.3. The van der Waals surface area contributed by atoms with Crippen LogP contribution in [0.5, 0.6) is 0 Å². The lowest BCUT2D eigenvalue weighted by Crippen LogP contribution is -2.35. The van der Waals surface area contributed by atoms with Crippen LogP contribution in [0.15, 0.2) is 6.07 Å². The molecule has 0 aromatic carbocycles. The summed E-state index contributed by atoms with van der Waals surface area (Å²) in [7, 11) is 0. The lowest BCUT2D eigenvalue weighted by Gasteiger charge is -2.15. The second kappa shape index (κ2) is 4.89. The quantitative estimate of drug-likeness (QED) is 0.548. The van der Waals surface area contributed by atoms with Crippen LogP contribution in [0.2, 0.25) is 0 Å². The number of aliphatic hydroxyl groups excluding tert-OH is 2. The van der Waals surface area contributed by atoms with Crippen molar-refractivity contribution in [1.29, 1.82) is 0 Å². The van der Waals surface area contributed by atoms with Gasteiger partial charge in [-0.1, -0.05) is 0 Å². The molecule has 11 nitrogen and oxygen atoms in total. The molecule has 1 aromatic rings. The van der Waals surface area contributed by atoms with Crippen LogP contribution >= 0.6 is 0 Å². The van der Waals surface area contributed by atoms with Crippen LogP contribution in [-0.2, 0) is 19.2 Å². The Labute approximate surface area is 122 Å². The minimum atomic E-state index is -1.47. The molecule has 3 rings (SSSR count). The van der Waals surface area contributed by atoms with Crippen LogP contribution in [0.25, 0.3) is 0 Å². The molecule has 2 fully saturated rings. The summed E-state index contributed by atoms with van der Waals surface area (Å²) in [5.41, 5.74) is 0. The number of carbonyl (C=O) groups excluding carboxylic acids is 4. The molecule has 0 spiro atoms. The Kier molecular flexibility index (Phi) is 3.15. The number of anilines is 2. The van der Waals surface area contributed by atoms with E-state index < -0.39 is 48.7 Å². The highest BCUT2D eigenvalue weighted by Crippen LogP contribution is 2.25. The van der Waals surface area contributed by atoms with Crippen LogP contribution < -0.4 is 9.80 Å². The van der Waals surface area contributed by atoms with Gasteiger partial charge in [0.15, 0.2) is 11.6 Å². The first-order valence-corrected chi connectivity index (χ1v) is 6.20. The van der Waals surface area contributed by atoms with E-state index in [-0.39, 0.29) is 11.6 Å². The Morgan fingerprint density at radius 1 is 0.864 bits per heavy atom. The van der Waals surface area contributed by atoms with E-state index in [9.17, 15) is 29.4 Å². The molecule has 2 unspecified atom stereocenters. The van der Waals surface area contributed by atoms with Gasteiger partial charge in [0.1, 0.15) is 12.2 Å². The Morgan fingerprint density at radius 3 is 1.59 bits per heavy atom. The number of imide groups is 2. The van der Waals surface area contributed by atoms with Crippen molar-refractivity contribution in [2.45, 2.75) is 25.0 Å². The molecule has 2 aliphatic heterocycles. The van der Waals surface area contributed by atoms with E-state index in [2.05, 4.69) is 15.4 Å². The molecular formula is C11H9N5O6. The second-order valence-corrected chi connectivity index (χ2v) is 4.72. The highest BCUT2D eigenvalue weighted by molar-refractivity contribution is 6.23. The molecule has 2 aliphatic rings. The number of hydrogen-bond donors (Lipinski definition) is 2. The molecule has 2 N–H and O–H groups in total. The van der Waals surface area contributed by atoms with Crippen molar-refractivity contribution in [2.75, 3.05) is 9.80 Å². The molecular weight excluding hydrogens is 298 g/mol. The number of hydrogen-bond acceptors (Lipinski definition) is 9. The molecule has 4 amide bonds. The van der Waals surface area contributed by atoms with Gasteiger partial charge in [0, 0.05) is 6.07 Å². The first kappa shape index (κ1) is 14.2. The van der Waals surface area contributed by atoms with Crippen molar-refractivity contribution in [1.82, 2.24) is 15.4 Å². The number of amides is 4. The Balaban J connectivity index is 1.97. The third-order valence-electron chi connectivity index (χ3n) is 3.26. The summed E-state index contributed by atoms with van der Waals surface area (Å²) in [6, 6.07) is 1.04. The summed E-state index contributed by atoms with van der Waals surface area (Å²) in [5, 5.41) is 29.0. The Bertz CT molecular complexity index is 651. The molecule has 0 radical (unpaired) electrons. The maximum atomic E-state index is 11.7. The minimum Gasteiger partial charge on any atom is -0.383 e. The fourth-order valence-electron chi connectivity index (χ4n) is 2.22. The van der Waals surface area contributed by atoms with E-state index in [4.69, 9.17) is 0 Å². The number of aliphatic hydroxyl groups is 2. The molecule has 11 heteroatoms. The maximum absolute atomic E-state index is 11.7. The van der Waals surface area contributed by atoms with E-state index in [1.54, 1.807) is 0 Å². The van der Waals surface area contributed by atoms with E-state index in [1.165, 1.54) is 0 Å². The zero-order valence-corrected chi connectivity index (χ0v) is 10.9. The lowest BCUT2D eigenvalue weighted by molar-refractivity contribution is -0.125. The van der Waals surface area contributed by atoms with Gasteiger partial charge in [0.25, 0.3) is 11.8 Å². The number of aromatic nitrogens is 3. The van der Waals surface area contributed by atoms with Crippen LogP contribution in [0.1, 0.15) is 12.8 Å². The third kappa shape index (κ3) is 2.03. The van der Waals surface area contributed by atoms with Crippen molar-refractivity contribution < 1.29 is 29.4 Å². The van der Waals surface area contributed by atoms with Crippen LogP contribution in [-0.4, -0.2) is 61.5 Å². The molecule has 0 saturated carbocycles. The third-order valence-corrected chi connectivity index (χ3v) is 3.26. The molecule has 1 aromatic heterocycles. The minimum absolute atomic E-state index is 0.265. The molecule has 22 heavy (non-hydrogen) atoms. The first-order chi connectivity index (χ1) is 10.4. The number of carbonyl (C=O) groups is 4. The zero-order chi connectivity index (χ0) is 16.0. The summed E-state index contributed by atoms with van der Waals surface area (Å²) in [6.45, 7) is 0. The van der Waals surface area contributed by atoms with Gasteiger partial charge in [-0.3, -0.25) is 19.2 Å². The monoisotopic (exact) mass is 307 g/mol. The molecule has 0 bridgehead atoms. The topological polar surface area (TPSA) is 154 Å². The van der Waals surface area contributed by atoms with Crippen molar-refractivity contribution in [2.24, 2.45) is 0 Å². The lowest BCUT2D eigenvalue weighted by atomic mass is 10.3. The van der Waals surface area contributed by atoms with E-state index >= 15 is 0 Å². The predicted octanol–water partition coefficient (Wildman–Crippen LogP) is -2.88. The van der Waals surface area contributed by atoms with Crippen molar-refractivity contribution in [3.8, 4) is 0 Å². The van der Waals surface area contributed by atoms with Gasteiger partial charge in [0.2, 0.25) is 11.8 Å². The highest BCUT2D eigenvalue weighted by Gasteiger charge is 2.42. The first-order valence-electron chi connectivity index (χ1n) is 6.20.